The lowest BCUT2D eigenvalue weighted by Crippen LogP contribution is -2.49. The highest BCUT2D eigenvalue weighted by Crippen LogP contribution is 2.22. The minimum atomic E-state index is -0.0108. The maximum absolute atomic E-state index is 12.8. The number of piperazine rings is 1. The Labute approximate surface area is 166 Å². The van der Waals surface area contributed by atoms with Crippen LogP contribution in [0.4, 0.5) is 0 Å². The van der Waals surface area contributed by atoms with Gasteiger partial charge in [-0.05, 0) is 37.1 Å². The largest absolute Gasteiger partial charge is 0.496 e. The number of hydrogen-bond donors (Lipinski definition) is 0. The van der Waals surface area contributed by atoms with Gasteiger partial charge in [0, 0.05) is 43.9 Å². The fraction of sp³-hybridized carbons (Fsp3) is 0.391. The van der Waals surface area contributed by atoms with Crippen molar-refractivity contribution in [2.45, 2.75) is 19.8 Å². The number of carbonyl (C=O) groups excluding carboxylic acids is 2. The monoisotopic (exact) mass is 380 g/mol. The predicted molar refractivity (Wildman–Crippen MR) is 110 cm³/mol. The van der Waals surface area contributed by atoms with Gasteiger partial charge < -0.3 is 9.64 Å². The molecule has 0 N–H and O–H groups in total. The highest BCUT2D eigenvalue weighted by molar-refractivity contribution is 5.94. The normalized spacial score (nSPS) is 14.7. The van der Waals surface area contributed by atoms with Gasteiger partial charge in [-0.1, -0.05) is 30.3 Å². The highest BCUT2D eigenvalue weighted by atomic mass is 16.5. The van der Waals surface area contributed by atoms with E-state index in [1.807, 2.05) is 11.0 Å². The molecular weight excluding hydrogens is 352 g/mol. The van der Waals surface area contributed by atoms with Crippen molar-refractivity contribution in [3.8, 4) is 5.75 Å². The second-order valence-corrected chi connectivity index (χ2v) is 7.22. The molecule has 1 heterocycles. The first-order valence-electron chi connectivity index (χ1n) is 9.78. The number of ketones is 1. The third-order valence-corrected chi connectivity index (χ3v) is 5.31. The van der Waals surface area contributed by atoms with Crippen LogP contribution in [0.15, 0.2) is 48.5 Å². The van der Waals surface area contributed by atoms with Crippen molar-refractivity contribution in [3.05, 3.63) is 65.2 Å². The Bertz CT molecular complexity index is 812. The summed E-state index contributed by atoms with van der Waals surface area (Å²) in [5, 5.41) is 0. The summed E-state index contributed by atoms with van der Waals surface area (Å²) < 4.78 is 5.37. The summed E-state index contributed by atoms with van der Waals surface area (Å²) in [7, 11) is 1.59. The lowest BCUT2D eigenvalue weighted by Gasteiger charge is -2.35. The van der Waals surface area contributed by atoms with Crippen LogP contribution < -0.4 is 4.74 Å². The fourth-order valence-electron chi connectivity index (χ4n) is 3.56. The van der Waals surface area contributed by atoms with Gasteiger partial charge in [-0.25, -0.2) is 0 Å². The van der Waals surface area contributed by atoms with E-state index in [4.69, 9.17) is 4.74 Å². The molecule has 0 radical (unpaired) electrons. The molecule has 28 heavy (non-hydrogen) atoms. The molecule has 0 atom stereocenters. The molecular formula is C23H28N2O3. The minimum Gasteiger partial charge on any atom is -0.496 e. The van der Waals surface area contributed by atoms with E-state index >= 15 is 0 Å². The first-order chi connectivity index (χ1) is 13.6. The molecule has 5 nitrogen and oxygen atoms in total. The zero-order valence-corrected chi connectivity index (χ0v) is 16.7. The minimum absolute atomic E-state index is 0.0108. The van der Waals surface area contributed by atoms with Gasteiger partial charge in [0.15, 0.2) is 5.78 Å². The van der Waals surface area contributed by atoms with Crippen LogP contribution in [-0.2, 0) is 17.6 Å². The van der Waals surface area contributed by atoms with Gasteiger partial charge >= 0.3 is 0 Å². The fourth-order valence-corrected chi connectivity index (χ4v) is 3.56. The topological polar surface area (TPSA) is 49.9 Å². The third-order valence-electron chi connectivity index (χ3n) is 5.31. The summed E-state index contributed by atoms with van der Waals surface area (Å²) in [6.45, 7) is 5.81. The molecule has 1 aliphatic heterocycles. The van der Waals surface area contributed by atoms with Crippen molar-refractivity contribution in [2.75, 3.05) is 39.8 Å². The third kappa shape index (κ3) is 5.20. The Morgan fingerprint density at radius 3 is 2.36 bits per heavy atom. The van der Waals surface area contributed by atoms with Crippen LogP contribution in [0.5, 0.6) is 5.75 Å². The lowest BCUT2D eigenvalue weighted by molar-refractivity contribution is -0.132. The highest BCUT2D eigenvalue weighted by Gasteiger charge is 2.22. The van der Waals surface area contributed by atoms with E-state index in [0.717, 1.165) is 44.7 Å². The summed E-state index contributed by atoms with van der Waals surface area (Å²) in [6.07, 6.45) is 1.29. The molecule has 1 saturated heterocycles. The molecule has 3 rings (SSSR count). The lowest BCUT2D eigenvalue weighted by atomic mass is 10.0. The zero-order chi connectivity index (χ0) is 19.9. The van der Waals surface area contributed by atoms with Crippen LogP contribution in [0.25, 0.3) is 0 Å². The first-order valence-corrected chi connectivity index (χ1v) is 9.78. The van der Waals surface area contributed by atoms with Crippen molar-refractivity contribution < 1.29 is 14.3 Å². The van der Waals surface area contributed by atoms with Gasteiger partial charge in [0.1, 0.15) is 5.75 Å². The molecule has 0 aromatic heterocycles. The summed E-state index contributed by atoms with van der Waals surface area (Å²) in [5.41, 5.74) is 2.72. The number of Topliss-reactive ketones (excluding diaryl/α,β-unsaturated/α-hetero) is 1. The molecule has 0 unspecified atom stereocenters. The molecule has 0 aliphatic carbocycles. The van der Waals surface area contributed by atoms with Crippen LogP contribution in [0.2, 0.25) is 0 Å². The van der Waals surface area contributed by atoms with E-state index in [1.165, 1.54) is 12.5 Å². The Kier molecular flexibility index (Phi) is 6.82. The van der Waals surface area contributed by atoms with E-state index < -0.39 is 0 Å². The summed E-state index contributed by atoms with van der Waals surface area (Å²) in [6, 6.07) is 15.8. The Morgan fingerprint density at radius 2 is 1.71 bits per heavy atom. The molecule has 2 aromatic carbocycles. The number of ether oxygens (including phenoxy) is 1. The molecule has 5 heteroatoms. The van der Waals surface area contributed by atoms with E-state index in [-0.39, 0.29) is 18.1 Å². The zero-order valence-electron chi connectivity index (χ0n) is 16.7. The van der Waals surface area contributed by atoms with Gasteiger partial charge in [0.25, 0.3) is 0 Å². The maximum atomic E-state index is 12.8. The van der Waals surface area contributed by atoms with Gasteiger partial charge in [-0.2, -0.15) is 0 Å². The van der Waals surface area contributed by atoms with Crippen LogP contribution in [0, 0.1) is 0 Å². The Balaban J connectivity index is 1.52. The number of rotatable bonds is 7. The first kappa shape index (κ1) is 20.1. The maximum Gasteiger partial charge on any atom is 0.227 e. The van der Waals surface area contributed by atoms with E-state index in [9.17, 15) is 9.59 Å². The van der Waals surface area contributed by atoms with Crippen molar-refractivity contribution in [1.29, 1.82) is 0 Å². The van der Waals surface area contributed by atoms with E-state index in [0.29, 0.717) is 11.3 Å². The van der Waals surface area contributed by atoms with Crippen molar-refractivity contribution >= 4 is 11.7 Å². The van der Waals surface area contributed by atoms with Gasteiger partial charge in [0.05, 0.1) is 13.5 Å². The number of hydrogen-bond acceptors (Lipinski definition) is 4. The second kappa shape index (κ2) is 9.51. The van der Waals surface area contributed by atoms with Crippen molar-refractivity contribution in [3.63, 3.8) is 0 Å². The number of nitrogens with zero attached hydrogens (tertiary/aromatic N) is 2. The van der Waals surface area contributed by atoms with Crippen LogP contribution in [0.1, 0.15) is 28.4 Å². The predicted octanol–water partition coefficient (Wildman–Crippen LogP) is 2.83. The number of amides is 1. The molecule has 148 valence electrons. The SMILES string of the molecule is COc1ccc(C(C)=O)cc1CC(=O)N1CCN(CCc2ccccc2)CC1. The molecule has 0 spiro atoms. The van der Waals surface area contributed by atoms with E-state index in [1.54, 1.807) is 25.3 Å². The summed E-state index contributed by atoms with van der Waals surface area (Å²) >= 11 is 0. The molecule has 2 aromatic rings. The quantitative estimate of drug-likeness (QED) is 0.693. The van der Waals surface area contributed by atoms with Crippen LogP contribution in [0.3, 0.4) is 0 Å². The number of carbonyl (C=O) groups is 2. The Hall–Kier alpha value is -2.66. The van der Waals surface area contributed by atoms with Gasteiger partial charge in [0.2, 0.25) is 5.91 Å². The van der Waals surface area contributed by atoms with Gasteiger partial charge in [-0.3, -0.25) is 14.5 Å². The van der Waals surface area contributed by atoms with Gasteiger partial charge in [-0.15, -0.1) is 0 Å². The molecule has 0 saturated carbocycles. The van der Waals surface area contributed by atoms with Crippen LogP contribution >= 0.6 is 0 Å². The number of benzene rings is 2. The summed E-state index contributed by atoms with van der Waals surface area (Å²) in [4.78, 5) is 28.7. The molecule has 1 fully saturated rings. The smallest absolute Gasteiger partial charge is 0.227 e. The summed E-state index contributed by atoms with van der Waals surface area (Å²) in [5.74, 6) is 0.727. The second-order valence-electron chi connectivity index (χ2n) is 7.22. The average Bonchev–Trinajstić information content (AvgIpc) is 2.73. The van der Waals surface area contributed by atoms with Crippen molar-refractivity contribution in [1.82, 2.24) is 9.80 Å². The molecule has 1 aliphatic rings. The standard InChI is InChI=1S/C23H28N2O3/c1-18(26)20-8-9-22(28-2)21(16-20)17-23(27)25-14-12-24(13-15-25)11-10-19-6-4-3-5-7-19/h3-9,16H,10-15,17H2,1-2H3. The molecule has 1 amide bonds. The Morgan fingerprint density at radius 1 is 1.00 bits per heavy atom. The number of methoxy groups -OCH3 is 1. The average molecular weight is 380 g/mol. The van der Waals surface area contributed by atoms with E-state index in [2.05, 4.69) is 29.2 Å². The van der Waals surface area contributed by atoms with Crippen LogP contribution in [-0.4, -0.2) is 61.3 Å². The van der Waals surface area contributed by atoms with Crippen molar-refractivity contribution in [2.24, 2.45) is 0 Å². The molecule has 0 bridgehead atoms.